The molecule has 1 rings (SSSR count). The van der Waals surface area contributed by atoms with Crippen molar-refractivity contribution >= 4 is 23.3 Å². The van der Waals surface area contributed by atoms with Crippen LogP contribution in [0.5, 0.6) is 0 Å². The third-order valence-electron chi connectivity index (χ3n) is 2.36. The molecule has 0 spiro atoms. The Morgan fingerprint density at radius 2 is 2.12 bits per heavy atom. The minimum absolute atomic E-state index is 0.130. The normalized spacial score (nSPS) is 11.1. The standard InChI is InChI=1S/C12H17ClN2O2/c1-8-9(13)5-4-6-10(8)14-11(17)15-12(2,3)7-16/h4-6,16H,7H2,1-3H3,(H2,14,15,17). The number of hydrogen-bond donors (Lipinski definition) is 3. The van der Waals surface area contributed by atoms with E-state index >= 15 is 0 Å². The molecule has 5 heteroatoms. The zero-order valence-electron chi connectivity index (χ0n) is 10.2. The van der Waals surface area contributed by atoms with Gasteiger partial charge < -0.3 is 15.7 Å². The second-order valence-electron chi connectivity index (χ2n) is 4.53. The zero-order chi connectivity index (χ0) is 13.1. The number of aliphatic hydroxyl groups is 1. The van der Waals surface area contributed by atoms with Crippen molar-refractivity contribution in [3.8, 4) is 0 Å². The minimum atomic E-state index is -0.656. The Morgan fingerprint density at radius 3 is 2.71 bits per heavy atom. The first kappa shape index (κ1) is 13.8. The fourth-order valence-electron chi connectivity index (χ4n) is 1.24. The number of amides is 2. The molecule has 0 saturated heterocycles. The monoisotopic (exact) mass is 256 g/mol. The van der Waals surface area contributed by atoms with Crippen LogP contribution < -0.4 is 10.6 Å². The van der Waals surface area contributed by atoms with Crippen LogP contribution in [-0.4, -0.2) is 23.3 Å². The maximum absolute atomic E-state index is 11.7. The molecule has 1 aromatic rings. The molecule has 0 aliphatic rings. The molecule has 1 aromatic carbocycles. The van der Waals surface area contributed by atoms with Gasteiger partial charge in [-0.15, -0.1) is 0 Å². The zero-order valence-corrected chi connectivity index (χ0v) is 10.9. The van der Waals surface area contributed by atoms with Gasteiger partial charge in [-0.05, 0) is 38.5 Å². The van der Waals surface area contributed by atoms with E-state index in [0.717, 1.165) is 5.56 Å². The van der Waals surface area contributed by atoms with E-state index in [1.54, 1.807) is 32.0 Å². The number of hydrogen-bond acceptors (Lipinski definition) is 2. The molecule has 0 aliphatic heterocycles. The fraction of sp³-hybridized carbons (Fsp3) is 0.417. The van der Waals surface area contributed by atoms with E-state index < -0.39 is 5.54 Å². The molecule has 4 nitrogen and oxygen atoms in total. The molecule has 0 fully saturated rings. The molecular weight excluding hydrogens is 240 g/mol. The average Bonchev–Trinajstić information content (AvgIpc) is 2.24. The molecule has 0 aromatic heterocycles. The predicted octanol–water partition coefficient (Wildman–Crippen LogP) is 2.54. The summed E-state index contributed by atoms with van der Waals surface area (Å²) in [6.07, 6.45) is 0. The Morgan fingerprint density at radius 1 is 1.47 bits per heavy atom. The van der Waals surface area contributed by atoms with Gasteiger partial charge in [-0.2, -0.15) is 0 Å². The van der Waals surface area contributed by atoms with Crippen molar-refractivity contribution in [1.29, 1.82) is 0 Å². The molecule has 94 valence electrons. The first-order chi connectivity index (χ1) is 7.85. The van der Waals surface area contributed by atoms with Gasteiger partial charge in [-0.3, -0.25) is 0 Å². The first-order valence-corrected chi connectivity index (χ1v) is 5.68. The van der Waals surface area contributed by atoms with Crippen molar-refractivity contribution in [2.75, 3.05) is 11.9 Å². The van der Waals surface area contributed by atoms with Crippen LogP contribution in [0.15, 0.2) is 18.2 Å². The smallest absolute Gasteiger partial charge is 0.319 e. The van der Waals surface area contributed by atoms with Gasteiger partial charge in [0.25, 0.3) is 0 Å². The van der Waals surface area contributed by atoms with E-state index in [9.17, 15) is 4.79 Å². The summed E-state index contributed by atoms with van der Waals surface area (Å²) >= 11 is 5.95. The number of urea groups is 1. The molecule has 2 amide bonds. The molecule has 3 N–H and O–H groups in total. The van der Waals surface area contributed by atoms with Gasteiger partial charge in [0.05, 0.1) is 12.1 Å². The molecule has 0 unspecified atom stereocenters. The number of rotatable bonds is 3. The van der Waals surface area contributed by atoms with Crippen LogP contribution in [0, 0.1) is 6.92 Å². The Labute approximate surface area is 106 Å². The Hall–Kier alpha value is -1.26. The number of anilines is 1. The van der Waals surface area contributed by atoms with Gasteiger partial charge in [0.2, 0.25) is 0 Å². The molecule has 0 aliphatic carbocycles. The molecule has 0 heterocycles. The highest BCUT2D eigenvalue weighted by Crippen LogP contribution is 2.22. The van der Waals surface area contributed by atoms with Crippen LogP contribution in [-0.2, 0) is 0 Å². The summed E-state index contributed by atoms with van der Waals surface area (Å²) in [6.45, 7) is 5.17. The number of nitrogens with one attached hydrogen (secondary N) is 2. The average molecular weight is 257 g/mol. The van der Waals surface area contributed by atoms with Crippen molar-refractivity contribution in [2.45, 2.75) is 26.3 Å². The quantitative estimate of drug-likeness (QED) is 0.778. The minimum Gasteiger partial charge on any atom is -0.394 e. The highest BCUT2D eigenvalue weighted by Gasteiger charge is 2.19. The van der Waals surface area contributed by atoms with E-state index in [0.29, 0.717) is 10.7 Å². The van der Waals surface area contributed by atoms with Gasteiger partial charge in [0.1, 0.15) is 0 Å². The van der Waals surface area contributed by atoms with Gasteiger partial charge in [-0.1, -0.05) is 17.7 Å². The second kappa shape index (κ2) is 5.38. The van der Waals surface area contributed by atoms with Gasteiger partial charge in [0.15, 0.2) is 0 Å². The van der Waals surface area contributed by atoms with E-state index in [1.807, 2.05) is 6.92 Å². The highest BCUT2D eigenvalue weighted by atomic mass is 35.5. The molecule has 0 radical (unpaired) electrons. The van der Waals surface area contributed by atoms with Gasteiger partial charge >= 0.3 is 6.03 Å². The van der Waals surface area contributed by atoms with Crippen LogP contribution >= 0.6 is 11.6 Å². The van der Waals surface area contributed by atoms with Gasteiger partial charge in [-0.25, -0.2) is 4.79 Å². The lowest BCUT2D eigenvalue weighted by Crippen LogP contribution is -2.48. The molecular formula is C12H17ClN2O2. The maximum Gasteiger partial charge on any atom is 0.319 e. The van der Waals surface area contributed by atoms with Crippen molar-refractivity contribution in [1.82, 2.24) is 5.32 Å². The van der Waals surface area contributed by atoms with Crippen LogP contribution in [0.4, 0.5) is 10.5 Å². The van der Waals surface area contributed by atoms with Crippen molar-refractivity contribution in [3.63, 3.8) is 0 Å². The lowest BCUT2D eigenvalue weighted by atomic mass is 10.1. The van der Waals surface area contributed by atoms with Crippen molar-refractivity contribution in [2.24, 2.45) is 0 Å². The number of halogens is 1. The molecule has 0 saturated carbocycles. The third kappa shape index (κ3) is 3.91. The first-order valence-electron chi connectivity index (χ1n) is 5.31. The van der Waals surface area contributed by atoms with E-state index in [-0.39, 0.29) is 12.6 Å². The van der Waals surface area contributed by atoms with Crippen LogP contribution in [0.25, 0.3) is 0 Å². The van der Waals surface area contributed by atoms with E-state index in [2.05, 4.69) is 10.6 Å². The lowest BCUT2D eigenvalue weighted by Gasteiger charge is -2.23. The van der Waals surface area contributed by atoms with Crippen LogP contribution in [0.2, 0.25) is 5.02 Å². The number of benzene rings is 1. The van der Waals surface area contributed by atoms with E-state index in [1.165, 1.54) is 0 Å². The largest absolute Gasteiger partial charge is 0.394 e. The Bertz CT molecular complexity index is 419. The summed E-state index contributed by atoms with van der Waals surface area (Å²) in [7, 11) is 0. The van der Waals surface area contributed by atoms with Crippen molar-refractivity contribution < 1.29 is 9.90 Å². The second-order valence-corrected chi connectivity index (χ2v) is 4.94. The summed E-state index contributed by atoms with van der Waals surface area (Å²) in [5, 5.41) is 15.0. The summed E-state index contributed by atoms with van der Waals surface area (Å²) in [5.74, 6) is 0. The number of carbonyl (C=O) groups is 1. The Kier molecular flexibility index (Phi) is 4.37. The topological polar surface area (TPSA) is 61.4 Å². The summed E-state index contributed by atoms with van der Waals surface area (Å²) in [6, 6.07) is 4.93. The highest BCUT2D eigenvalue weighted by molar-refractivity contribution is 6.31. The van der Waals surface area contributed by atoms with E-state index in [4.69, 9.17) is 16.7 Å². The summed E-state index contributed by atoms with van der Waals surface area (Å²) in [4.78, 5) is 11.7. The third-order valence-corrected chi connectivity index (χ3v) is 2.77. The molecule has 0 bridgehead atoms. The lowest BCUT2D eigenvalue weighted by molar-refractivity contribution is 0.187. The fourth-order valence-corrected chi connectivity index (χ4v) is 1.42. The van der Waals surface area contributed by atoms with Crippen LogP contribution in [0.3, 0.4) is 0 Å². The Balaban J connectivity index is 2.72. The van der Waals surface area contributed by atoms with Gasteiger partial charge in [0, 0.05) is 10.7 Å². The van der Waals surface area contributed by atoms with Crippen LogP contribution in [0.1, 0.15) is 19.4 Å². The number of carbonyl (C=O) groups excluding carboxylic acids is 1. The molecule has 17 heavy (non-hydrogen) atoms. The summed E-state index contributed by atoms with van der Waals surface area (Å²) in [5.41, 5.74) is 0.811. The number of aliphatic hydroxyl groups excluding tert-OH is 1. The molecule has 0 atom stereocenters. The van der Waals surface area contributed by atoms with Crippen molar-refractivity contribution in [3.05, 3.63) is 28.8 Å². The maximum atomic E-state index is 11.7. The SMILES string of the molecule is Cc1c(Cl)cccc1NC(=O)NC(C)(C)CO. The predicted molar refractivity (Wildman–Crippen MR) is 69.5 cm³/mol. The summed E-state index contributed by atoms with van der Waals surface area (Å²) < 4.78 is 0.